The molecule has 2 aromatic rings. The smallest absolute Gasteiger partial charge is 0.133 e. The molecule has 2 aromatic heterocycles. The van der Waals surface area contributed by atoms with Crippen molar-refractivity contribution in [3.63, 3.8) is 0 Å². The summed E-state index contributed by atoms with van der Waals surface area (Å²) < 4.78 is 0. The van der Waals surface area contributed by atoms with Crippen LogP contribution in [0.1, 0.15) is 28.1 Å². The van der Waals surface area contributed by atoms with Gasteiger partial charge in [0, 0.05) is 16.6 Å². The van der Waals surface area contributed by atoms with Crippen molar-refractivity contribution >= 4 is 23.2 Å². The molecule has 0 atom stereocenters. The van der Waals surface area contributed by atoms with Gasteiger partial charge in [-0.15, -0.1) is 11.3 Å². The number of anilines is 1. The van der Waals surface area contributed by atoms with E-state index in [9.17, 15) is 0 Å². The molecule has 0 spiro atoms. The highest BCUT2D eigenvalue weighted by Gasteiger charge is 2.12. The molecule has 0 radical (unpaired) electrons. The molecule has 0 unspecified atom stereocenters. The first-order valence-corrected chi connectivity index (χ1v) is 6.86. The summed E-state index contributed by atoms with van der Waals surface area (Å²) in [5.74, 6) is 0.941. The third kappa shape index (κ3) is 2.13. The minimum absolute atomic E-state index is 0.779. The summed E-state index contributed by atoms with van der Waals surface area (Å²) in [4.78, 5) is 14.2. The fourth-order valence-electron chi connectivity index (χ4n) is 1.98. The van der Waals surface area contributed by atoms with Crippen LogP contribution in [0, 0.1) is 0 Å². The third-order valence-electron chi connectivity index (χ3n) is 2.91. The SMILES string of the molecule is CCc1ncc(CNc2ncnc3c2CC=C3)s1. The molecular weight excluding hydrogens is 244 g/mol. The maximum absolute atomic E-state index is 4.35. The van der Waals surface area contributed by atoms with Crippen molar-refractivity contribution in [3.05, 3.63) is 39.7 Å². The highest BCUT2D eigenvalue weighted by Crippen LogP contribution is 2.24. The van der Waals surface area contributed by atoms with E-state index in [2.05, 4.69) is 33.3 Å². The van der Waals surface area contributed by atoms with Gasteiger partial charge in [-0.05, 0) is 18.9 Å². The van der Waals surface area contributed by atoms with Crippen LogP contribution >= 0.6 is 11.3 Å². The highest BCUT2D eigenvalue weighted by atomic mass is 32.1. The lowest BCUT2D eigenvalue weighted by atomic mass is 10.2. The molecule has 0 fully saturated rings. The second-order valence-corrected chi connectivity index (χ2v) is 5.32. The lowest BCUT2D eigenvalue weighted by Gasteiger charge is -2.07. The van der Waals surface area contributed by atoms with Gasteiger partial charge in [-0.3, -0.25) is 0 Å². The summed E-state index contributed by atoms with van der Waals surface area (Å²) >= 11 is 1.75. The van der Waals surface area contributed by atoms with E-state index in [0.29, 0.717) is 0 Å². The number of fused-ring (bicyclic) bond motifs is 1. The lowest BCUT2D eigenvalue weighted by molar-refractivity contribution is 1.05. The minimum Gasteiger partial charge on any atom is -0.365 e. The molecular formula is C13H14N4S. The van der Waals surface area contributed by atoms with E-state index < -0.39 is 0 Å². The Labute approximate surface area is 110 Å². The Balaban J connectivity index is 1.72. The summed E-state index contributed by atoms with van der Waals surface area (Å²) in [6.45, 7) is 2.90. The first kappa shape index (κ1) is 11.3. The van der Waals surface area contributed by atoms with Gasteiger partial charge < -0.3 is 5.32 Å². The van der Waals surface area contributed by atoms with E-state index in [1.165, 1.54) is 15.4 Å². The van der Waals surface area contributed by atoms with E-state index in [1.807, 2.05) is 12.3 Å². The predicted molar refractivity (Wildman–Crippen MR) is 73.6 cm³/mol. The number of allylic oxidation sites excluding steroid dienone is 1. The second kappa shape index (κ2) is 4.86. The summed E-state index contributed by atoms with van der Waals surface area (Å²) in [5, 5.41) is 4.56. The molecule has 0 saturated carbocycles. The fourth-order valence-corrected chi connectivity index (χ4v) is 2.78. The number of thiazole rings is 1. The van der Waals surface area contributed by atoms with E-state index in [1.54, 1.807) is 17.7 Å². The van der Waals surface area contributed by atoms with E-state index >= 15 is 0 Å². The van der Waals surface area contributed by atoms with Crippen LogP contribution in [0.3, 0.4) is 0 Å². The van der Waals surface area contributed by atoms with Crippen molar-refractivity contribution in [3.8, 4) is 0 Å². The monoisotopic (exact) mass is 258 g/mol. The van der Waals surface area contributed by atoms with Crippen LogP contribution < -0.4 is 5.32 Å². The summed E-state index contributed by atoms with van der Waals surface area (Å²) in [5.41, 5.74) is 2.23. The number of hydrogen-bond donors (Lipinski definition) is 1. The van der Waals surface area contributed by atoms with Crippen LogP contribution in [-0.2, 0) is 19.4 Å². The van der Waals surface area contributed by atoms with Crippen molar-refractivity contribution < 1.29 is 0 Å². The zero-order valence-electron chi connectivity index (χ0n) is 10.2. The topological polar surface area (TPSA) is 50.7 Å². The Morgan fingerprint density at radius 3 is 3.11 bits per heavy atom. The lowest BCUT2D eigenvalue weighted by Crippen LogP contribution is -2.04. The molecule has 1 aliphatic rings. The average molecular weight is 258 g/mol. The van der Waals surface area contributed by atoms with Gasteiger partial charge in [0.2, 0.25) is 0 Å². The van der Waals surface area contributed by atoms with Crippen molar-refractivity contribution in [1.82, 2.24) is 15.0 Å². The van der Waals surface area contributed by atoms with Gasteiger partial charge >= 0.3 is 0 Å². The van der Waals surface area contributed by atoms with Crippen molar-refractivity contribution in [2.45, 2.75) is 26.3 Å². The molecule has 3 rings (SSSR count). The molecule has 0 amide bonds. The molecule has 0 bridgehead atoms. The van der Waals surface area contributed by atoms with Crippen molar-refractivity contribution in [1.29, 1.82) is 0 Å². The Morgan fingerprint density at radius 2 is 2.28 bits per heavy atom. The quantitative estimate of drug-likeness (QED) is 0.916. The van der Waals surface area contributed by atoms with Gasteiger partial charge in [0.1, 0.15) is 12.1 Å². The largest absolute Gasteiger partial charge is 0.365 e. The number of aromatic nitrogens is 3. The first-order valence-electron chi connectivity index (χ1n) is 6.04. The van der Waals surface area contributed by atoms with E-state index in [-0.39, 0.29) is 0 Å². The Bertz CT molecular complexity index is 588. The molecule has 0 aromatic carbocycles. The van der Waals surface area contributed by atoms with Crippen LogP contribution in [-0.4, -0.2) is 15.0 Å². The summed E-state index contributed by atoms with van der Waals surface area (Å²) in [6, 6.07) is 0. The molecule has 4 nitrogen and oxygen atoms in total. The number of nitrogens with one attached hydrogen (secondary N) is 1. The molecule has 18 heavy (non-hydrogen) atoms. The Hall–Kier alpha value is -1.75. The standard InChI is InChI=1S/C13H14N4S/c1-2-12-14-6-9(18-12)7-15-13-10-4-3-5-11(10)16-8-17-13/h3,5-6,8H,2,4,7H2,1H3,(H,15,16,17). The number of rotatable bonds is 4. The first-order chi connectivity index (χ1) is 8.86. The molecule has 2 heterocycles. The van der Waals surface area contributed by atoms with Crippen LogP contribution in [0.5, 0.6) is 0 Å². The predicted octanol–water partition coefficient (Wildman–Crippen LogP) is 2.68. The van der Waals surface area contributed by atoms with Gasteiger partial charge in [0.25, 0.3) is 0 Å². The molecule has 1 aliphatic carbocycles. The zero-order valence-corrected chi connectivity index (χ0v) is 11.0. The van der Waals surface area contributed by atoms with Crippen molar-refractivity contribution in [2.75, 3.05) is 5.32 Å². The molecule has 0 saturated heterocycles. The zero-order chi connectivity index (χ0) is 12.4. The average Bonchev–Trinajstić information content (AvgIpc) is 3.05. The summed E-state index contributed by atoms with van der Waals surface area (Å²) in [6.07, 6.45) is 9.63. The van der Waals surface area contributed by atoms with Crippen molar-refractivity contribution in [2.24, 2.45) is 0 Å². The van der Waals surface area contributed by atoms with Gasteiger partial charge in [-0.1, -0.05) is 13.0 Å². The van der Waals surface area contributed by atoms with E-state index in [0.717, 1.165) is 30.9 Å². The minimum atomic E-state index is 0.779. The highest BCUT2D eigenvalue weighted by molar-refractivity contribution is 7.11. The van der Waals surface area contributed by atoms with Crippen LogP contribution in [0.2, 0.25) is 0 Å². The number of aryl methyl sites for hydroxylation is 1. The maximum Gasteiger partial charge on any atom is 0.133 e. The molecule has 92 valence electrons. The van der Waals surface area contributed by atoms with Gasteiger partial charge in [0.15, 0.2) is 0 Å². The van der Waals surface area contributed by atoms with E-state index in [4.69, 9.17) is 0 Å². The fraction of sp³-hybridized carbons (Fsp3) is 0.308. The molecule has 1 N–H and O–H groups in total. The Kier molecular flexibility index (Phi) is 3.06. The summed E-state index contributed by atoms with van der Waals surface area (Å²) in [7, 11) is 0. The third-order valence-corrected chi connectivity index (χ3v) is 4.05. The van der Waals surface area contributed by atoms with Crippen LogP contribution in [0.15, 0.2) is 18.6 Å². The number of nitrogens with zero attached hydrogens (tertiary/aromatic N) is 3. The van der Waals surface area contributed by atoms with Gasteiger partial charge in [-0.2, -0.15) is 0 Å². The molecule has 0 aliphatic heterocycles. The van der Waals surface area contributed by atoms with Gasteiger partial charge in [0.05, 0.1) is 17.2 Å². The molecule has 5 heteroatoms. The normalized spacial score (nSPS) is 12.7. The maximum atomic E-state index is 4.35. The van der Waals surface area contributed by atoms with Crippen LogP contribution in [0.25, 0.3) is 6.08 Å². The second-order valence-electron chi connectivity index (χ2n) is 4.12. The number of hydrogen-bond acceptors (Lipinski definition) is 5. The Morgan fingerprint density at radius 1 is 1.33 bits per heavy atom. The van der Waals surface area contributed by atoms with Gasteiger partial charge in [-0.25, -0.2) is 15.0 Å². The van der Waals surface area contributed by atoms with Crippen LogP contribution in [0.4, 0.5) is 5.82 Å².